The number of fused-ring (bicyclic) bond motifs is 1. The fraction of sp³-hybridized carbons (Fsp3) is 0.348. The van der Waals surface area contributed by atoms with E-state index in [0.717, 1.165) is 38.3 Å². The molecule has 13 heteroatoms. The minimum atomic E-state index is -5.08. The number of aliphatic carboxylic acids is 1. The van der Waals surface area contributed by atoms with Gasteiger partial charge in [-0.05, 0) is 31.5 Å². The second-order valence-corrected chi connectivity index (χ2v) is 9.17. The third-order valence-electron chi connectivity index (χ3n) is 5.27. The molecule has 0 aliphatic carbocycles. The summed E-state index contributed by atoms with van der Waals surface area (Å²) in [5.74, 6) is -1.81. The molecule has 192 valence electrons. The molecule has 36 heavy (non-hydrogen) atoms. The van der Waals surface area contributed by atoms with Gasteiger partial charge in [0.15, 0.2) is 0 Å². The van der Waals surface area contributed by atoms with Crippen molar-refractivity contribution in [3.63, 3.8) is 0 Å². The Kier molecular flexibility index (Phi) is 8.13. The highest BCUT2D eigenvalue weighted by Gasteiger charge is 2.38. The third kappa shape index (κ3) is 6.47. The normalized spacial score (nSPS) is 13.2. The smallest absolute Gasteiger partial charge is 0.475 e. The number of anilines is 1. The van der Waals surface area contributed by atoms with Gasteiger partial charge in [0.1, 0.15) is 10.7 Å². The fourth-order valence-electron chi connectivity index (χ4n) is 3.66. The highest BCUT2D eigenvalue weighted by atomic mass is 32.1. The minimum Gasteiger partial charge on any atom is -0.475 e. The van der Waals surface area contributed by atoms with Gasteiger partial charge in [-0.1, -0.05) is 12.1 Å². The molecule has 3 aromatic rings. The van der Waals surface area contributed by atoms with Crippen LogP contribution in [0.1, 0.15) is 33.1 Å². The number of carbonyl (C=O) groups is 3. The van der Waals surface area contributed by atoms with Crippen molar-refractivity contribution in [3.8, 4) is 11.3 Å². The van der Waals surface area contributed by atoms with Crippen molar-refractivity contribution in [1.82, 2.24) is 19.4 Å². The van der Waals surface area contributed by atoms with Gasteiger partial charge >= 0.3 is 12.1 Å². The molecule has 2 amide bonds. The van der Waals surface area contributed by atoms with Crippen LogP contribution >= 0.6 is 11.3 Å². The van der Waals surface area contributed by atoms with Crippen LogP contribution in [-0.2, 0) is 22.6 Å². The lowest BCUT2D eigenvalue weighted by molar-refractivity contribution is -0.192. The lowest BCUT2D eigenvalue weighted by Gasteiger charge is -2.19. The second-order valence-electron chi connectivity index (χ2n) is 7.96. The van der Waals surface area contributed by atoms with E-state index < -0.39 is 12.1 Å². The molecule has 2 aromatic heterocycles. The SMILES string of the molecule is CC(=O)Nc1ccc(-c2cnc3n2CCN(C(=O)c2sc(C)nc2C)CC3)cc1.O=C(O)C(F)(F)F. The number of hydrogen-bond donors (Lipinski definition) is 2. The van der Waals surface area contributed by atoms with Crippen LogP contribution in [0, 0.1) is 13.8 Å². The van der Waals surface area contributed by atoms with Crippen LogP contribution in [0.5, 0.6) is 0 Å². The van der Waals surface area contributed by atoms with Gasteiger partial charge in [-0.25, -0.2) is 14.8 Å². The van der Waals surface area contributed by atoms with E-state index in [-0.39, 0.29) is 11.8 Å². The summed E-state index contributed by atoms with van der Waals surface area (Å²) in [6.07, 6.45) is -2.48. The quantitative estimate of drug-likeness (QED) is 0.538. The van der Waals surface area contributed by atoms with Gasteiger partial charge in [0, 0.05) is 38.7 Å². The molecule has 0 saturated carbocycles. The number of carbonyl (C=O) groups excluding carboxylic acids is 2. The standard InChI is InChI=1S/C21H23N5O2S.C2HF3O2/c1-13-20(29-15(3)23-13)21(28)25-9-8-19-22-12-18(26(19)11-10-25)16-4-6-17(7-5-16)24-14(2)27;3-2(4,5)1(6)7/h4-7,12H,8-11H2,1-3H3,(H,24,27);(H,6,7). The zero-order chi connectivity index (χ0) is 26.6. The average Bonchev–Trinajstić information content (AvgIpc) is 3.28. The lowest BCUT2D eigenvalue weighted by atomic mass is 10.1. The molecule has 0 fully saturated rings. The van der Waals surface area contributed by atoms with E-state index in [9.17, 15) is 22.8 Å². The molecule has 0 radical (unpaired) electrons. The minimum absolute atomic E-state index is 0.0556. The summed E-state index contributed by atoms with van der Waals surface area (Å²) in [6, 6.07) is 7.73. The van der Waals surface area contributed by atoms with Crippen LogP contribution in [0.25, 0.3) is 11.3 Å². The molecule has 0 bridgehead atoms. The van der Waals surface area contributed by atoms with Gasteiger partial charge in [0.2, 0.25) is 5.91 Å². The predicted octanol–water partition coefficient (Wildman–Crippen LogP) is 3.91. The Bertz CT molecular complexity index is 1270. The first-order valence-electron chi connectivity index (χ1n) is 10.8. The van der Waals surface area contributed by atoms with E-state index in [0.29, 0.717) is 26.1 Å². The van der Waals surface area contributed by atoms with E-state index >= 15 is 0 Å². The van der Waals surface area contributed by atoms with E-state index in [4.69, 9.17) is 9.90 Å². The summed E-state index contributed by atoms with van der Waals surface area (Å²) >= 11 is 1.46. The van der Waals surface area contributed by atoms with Gasteiger partial charge < -0.3 is 19.9 Å². The summed E-state index contributed by atoms with van der Waals surface area (Å²) < 4.78 is 33.9. The summed E-state index contributed by atoms with van der Waals surface area (Å²) in [7, 11) is 0. The monoisotopic (exact) mass is 523 g/mol. The Balaban J connectivity index is 0.000000454. The molecule has 4 rings (SSSR count). The van der Waals surface area contributed by atoms with E-state index in [1.165, 1.54) is 18.3 Å². The van der Waals surface area contributed by atoms with Crippen molar-refractivity contribution >= 4 is 34.8 Å². The number of nitrogens with zero attached hydrogens (tertiary/aromatic N) is 4. The number of hydrogen-bond acceptors (Lipinski definition) is 6. The maximum Gasteiger partial charge on any atom is 0.490 e. The van der Waals surface area contributed by atoms with Crippen LogP contribution in [0.15, 0.2) is 30.5 Å². The number of amides is 2. The largest absolute Gasteiger partial charge is 0.490 e. The van der Waals surface area contributed by atoms with Crippen LogP contribution < -0.4 is 5.32 Å². The molecule has 0 atom stereocenters. The molecule has 2 N–H and O–H groups in total. The molecular formula is C23H24F3N5O4S. The van der Waals surface area contributed by atoms with E-state index in [2.05, 4.69) is 19.9 Å². The molecule has 0 saturated heterocycles. The number of halogens is 3. The van der Waals surface area contributed by atoms with Gasteiger partial charge in [-0.3, -0.25) is 9.59 Å². The molecule has 0 spiro atoms. The number of aromatic nitrogens is 3. The fourth-order valence-corrected chi connectivity index (χ4v) is 4.55. The molecule has 1 aliphatic rings. The number of rotatable bonds is 3. The van der Waals surface area contributed by atoms with Gasteiger partial charge in [0.25, 0.3) is 5.91 Å². The second kappa shape index (κ2) is 10.9. The Morgan fingerprint density at radius 1 is 1.08 bits per heavy atom. The van der Waals surface area contributed by atoms with Crippen molar-refractivity contribution in [2.24, 2.45) is 0 Å². The van der Waals surface area contributed by atoms with Gasteiger partial charge in [0.05, 0.1) is 22.6 Å². The number of nitrogens with one attached hydrogen (secondary N) is 1. The Morgan fingerprint density at radius 3 is 2.25 bits per heavy atom. The number of thiazole rings is 1. The van der Waals surface area contributed by atoms with Gasteiger partial charge in [-0.2, -0.15) is 13.2 Å². The number of aryl methyl sites for hydroxylation is 2. The van der Waals surface area contributed by atoms with Gasteiger partial charge in [-0.15, -0.1) is 11.3 Å². The molecule has 3 heterocycles. The highest BCUT2D eigenvalue weighted by Crippen LogP contribution is 2.26. The number of carboxylic acid groups (broad SMARTS) is 1. The van der Waals surface area contributed by atoms with Crippen LogP contribution in [0.2, 0.25) is 0 Å². The number of imidazole rings is 1. The predicted molar refractivity (Wildman–Crippen MR) is 127 cm³/mol. The first-order chi connectivity index (χ1) is 16.9. The zero-order valence-electron chi connectivity index (χ0n) is 19.7. The van der Waals surface area contributed by atoms with E-state index in [1.807, 2.05) is 49.2 Å². The Labute approximate surface area is 208 Å². The first kappa shape index (κ1) is 26.9. The number of benzene rings is 1. The lowest BCUT2D eigenvalue weighted by Crippen LogP contribution is -2.33. The van der Waals surface area contributed by atoms with Crippen molar-refractivity contribution < 1.29 is 32.7 Å². The third-order valence-corrected chi connectivity index (χ3v) is 6.33. The van der Waals surface area contributed by atoms with Crippen LogP contribution in [0.4, 0.5) is 18.9 Å². The summed E-state index contributed by atoms with van der Waals surface area (Å²) in [4.78, 5) is 44.7. The van der Waals surface area contributed by atoms with Crippen molar-refractivity contribution in [2.45, 2.75) is 39.9 Å². The number of alkyl halides is 3. The number of carboxylic acids is 1. The van der Waals surface area contributed by atoms with Crippen LogP contribution in [-0.4, -0.2) is 61.6 Å². The topological polar surface area (TPSA) is 117 Å². The molecular weight excluding hydrogens is 499 g/mol. The van der Waals surface area contributed by atoms with Crippen molar-refractivity contribution in [2.75, 3.05) is 18.4 Å². The summed E-state index contributed by atoms with van der Waals surface area (Å²) in [6.45, 7) is 7.29. The van der Waals surface area contributed by atoms with Crippen LogP contribution in [0.3, 0.4) is 0 Å². The van der Waals surface area contributed by atoms with E-state index in [1.54, 1.807) is 0 Å². The summed E-state index contributed by atoms with van der Waals surface area (Å²) in [5, 5.41) is 10.8. The van der Waals surface area contributed by atoms with Crippen molar-refractivity contribution in [3.05, 3.63) is 51.9 Å². The summed E-state index contributed by atoms with van der Waals surface area (Å²) in [5.41, 5.74) is 3.63. The Hall–Kier alpha value is -3.74. The zero-order valence-corrected chi connectivity index (χ0v) is 20.5. The average molecular weight is 524 g/mol. The maximum absolute atomic E-state index is 13.0. The van der Waals surface area contributed by atoms with Crippen molar-refractivity contribution in [1.29, 1.82) is 0 Å². The molecule has 0 unspecified atom stereocenters. The molecule has 1 aromatic carbocycles. The molecule has 9 nitrogen and oxygen atoms in total. The molecule has 1 aliphatic heterocycles. The maximum atomic E-state index is 13.0. The highest BCUT2D eigenvalue weighted by molar-refractivity contribution is 7.13. The Morgan fingerprint density at radius 2 is 1.72 bits per heavy atom. The first-order valence-corrected chi connectivity index (χ1v) is 11.6.